The molecular formula is C28H30N2O4S. The summed E-state index contributed by atoms with van der Waals surface area (Å²) in [4.78, 5) is 16.2. The van der Waals surface area contributed by atoms with Gasteiger partial charge >= 0.3 is 5.97 Å². The van der Waals surface area contributed by atoms with Gasteiger partial charge in [0.15, 0.2) is 0 Å². The number of hydrogen-bond acceptors (Lipinski definition) is 5. The maximum Gasteiger partial charge on any atom is 0.331 e. The number of carbonyl (C=O) groups excluding carboxylic acids is 1. The fourth-order valence-electron chi connectivity index (χ4n) is 5.27. The summed E-state index contributed by atoms with van der Waals surface area (Å²) >= 11 is 0. The lowest BCUT2D eigenvalue weighted by Crippen LogP contribution is -2.59. The molecule has 1 aliphatic heterocycles. The van der Waals surface area contributed by atoms with Gasteiger partial charge in [0, 0.05) is 26.2 Å². The minimum Gasteiger partial charge on any atom is -0.459 e. The summed E-state index contributed by atoms with van der Waals surface area (Å²) in [7, 11) is -3.58. The first-order valence-electron chi connectivity index (χ1n) is 12.0. The first-order chi connectivity index (χ1) is 16.9. The van der Waals surface area contributed by atoms with E-state index in [1.54, 1.807) is 12.1 Å². The van der Waals surface area contributed by atoms with Crippen LogP contribution in [0.15, 0.2) is 83.8 Å². The maximum absolute atomic E-state index is 13.7. The van der Waals surface area contributed by atoms with Crippen LogP contribution in [0, 0.1) is 6.92 Å². The van der Waals surface area contributed by atoms with Gasteiger partial charge in [-0.25, -0.2) is 13.2 Å². The molecule has 6 nitrogen and oxygen atoms in total. The van der Waals surface area contributed by atoms with Gasteiger partial charge in [-0.05, 0) is 48.6 Å². The van der Waals surface area contributed by atoms with Crippen molar-refractivity contribution in [3.8, 4) is 0 Å². The number of piperazine rings is 1. The van der Waals surface area contributed by atoms with Gasteiger partial charge in [0.25, 0.3) is 0 Å². The molecule has 0 spiro atoms. The van der Waals surface area contributed by atoms with Crippen molar-refractivity contribution in [3.05, 3.63) is 101 Å². The molecule has 0 aromatic heterocycles. The highest BCUT2D eigenvalue weighted by Crippen LogP contribution is 2.43. The molecule has 182 valence electrons. The lowest BCUT2D eigenvalue weighted by atomic mass is 9.89. The first-order valence-corrected chi connectivity index (χ1v) is 13.5. The molecule has 0 N–H and O–H groups in total. The van der Waals surface area contributed by atoms with Crippen LogP contribution in [0.4, 0.5) is 0 Å². The van der Waals surface area contributed by atoms with Crippen LogP contribution in [0.3, 0.4) is 0 Å². The molecule has 3 aromatic rings. The van der Waals surface area contributed by atoms with Crippen molar-refractivity contribution >= 4 is 16.0 Å². The van der Waals surface area contributed by atoms with Gasteiger partial charge in [-0.2, -0.15) is 4.31 Å². The fraction of sp³-hybridized carbons (Fsp3) is 0.321. The third kappa shape index (κ3) is 4.40. The minimum atomic E-state index is -3.58. The summed E-state index contributed by atoms with van der Waals surface area (Å²) in [5.41, 5.74) is 3.19. The first kappa shape index (κ1) is 23.7. The summed E-state index contributed by atoms with van der Waals surface area (Å²) in [6.45, 7) is 3.72. The zero-order valence-electron chi connectivity index (χ0n) is 19.9. The van der Waals surface area contributed by atoms with Gasteiger partial charge < -0.3 is 4.74 Å². The monoisotopic (exact) mass is 490 g/mol. The van der Waals surface area contributed by atoms with Crippen molar-refractivity contribution < 1.29 is 17.9 Å². The Morgan fingerprint density at radius 3 is 2.26 bits per heavy atom. The lowest BCUT2D eigenvalue weighted by molar-refractivity contribution is -0.162. The second-order valence-corrected chi connectivity index (χ2v) is 11.2. The van der Waals surface area contributed by atoms with Gasteiger partial charge in [-0.1, -0.05) is 72.3 Å². The molecule has 1 unspecified atom stereocenters. The van der Waals surface area contributed by atoms with Crippen molar-refractivity contribution in [2.75, 3.05) is 26.2 Å². The Morgan fingerprint density at radius 2 is 1.54 bits per heavy atom. The normalized spacial score (nSPS) is 20.9. The van der Waals surface area contributed by atoms with Gasteiger partial charge in [0.1, 0.15) is 12.1 Å². The van der Waals surface area contributed by atoms with Crippen LogP contribution in [0.2, 0.25) is 0 Å². The zero-order chi connectivity index (χ0) is 24.5. The van der Waals surface area contributed by atoms with Crippen molar-refractivity contribution in [1.29, 1.82) is 0 Å². The molecule has 7 heteroatoms. The Hall–Kier alpha value is -3.00. The molecule has 5 rings (SSSR count). The molecule has 0 bridgehead atoms. The smallest absolute Gasteiger partial charge is 0.331 e. The average molecular weight is 491 g/mol. The van der Waals surface area contributed by atoms with E-state index in [0.29, 0.717) is 37.5 Å². The number of benzene rings is 3. The molecule has 0 amide bonds. The zero-order valence-corrected chi connectivity index (χ0v) is 20.7. The predicted octanol–water partition coefficient (Wildman–Crippen LogP) is 3.89. The number of carbonyl (C=O) groups is 1. The number of aryl methyl sites for hydroxylation is 2. The highest BCUT2D eigenvalue weighted by Gasteiger charge is 2.52. The molecule has 1 aliphatic carbocycles. The molecule has 35 heavy (non-hydrogen) atoms. The van der Waals surface area contributed by atoms with Gasteiger partial charge in [-0.3, -0.25) is 4.90 Å². The van der Waals surface area contributed by atoms with E-state index in [2.05, 4.69) is 11.0 Å². The lowest BCUT2D eigenvalue weighted by Gasteiger charge is -2.44. The van der Waals surface area contributed by atoms with E-state index >= 15 is 0 Å². The second-order valence-electron chi connectivity index (χ2n) is 9.28. The number of rotatable bonds is 6. The molecule has 0 saturated carbocycles. The number of ether oxygens (including phenoxy) is 1. The topological polar surface area (TPSA) is 66.9 Å². The standard InChI is InChI=1S/C28H30N2O4S/c1-22-11-13-25(14-12-22)35(32,33)30-19-17-29(18-20-30)28(16-15-24-9-5-6-10-26(24)28)27(31)34-21-23-7-3-2-4-8-23/h2-14H,15-21H2,1H3. The van der Waals surface area contributed by atoms with Crippen LogP contribution in [-0.4, -0.2) is 49.8 Å². The number of sulfonamides is 1. The van der Waals surface area contributed by atoms with Crippen molar-refractivity contribution in [3.63, 3.8) is 0 Å². The Balaban J connectivity index is 1.38. The number of fused-ring (bicyclic) bond motifs is 1. The predicted molar refractivity (Wildman–Crippen MR) is 134 cm³/mol. The number of nitrogens with zero attached hydrogens (tertiary/aromatic N) is 2. The highest BCUT2D eigenvalue weighted by atomic mass is 32.2. The molecule has 1 atom stereocenters. The van der Waals surface area contributed by atoms with E-state index in [9.17, 15) is 13.2 Å². The largest absolute Gasteiger partial charge is 0.459 e. The second kappa shape index (κ2) is 9.57. The van der Waals surface area contributed by atoms with Crippen LogP contribution in [0.5, 0.6) is 0 Å². The molecule has 0 radical (unpaired) electrons. The fourth-order valence-corrected chi connectivity index (χ4v) is 6.70. The van der Waals surface area contributed by atoms with Crippen molar-refractivity contribution in [2.24, 2.45) is 0 Å². The van der Waals surface area contributed by atoms with Crippen molar-refractivity contribution in [1.82, 2.24) is 9.21 Å². The minimum absolute atomic E-state index is 0.214. The average Bonchev–Trinajstić information content (AvgIpc) is 3.29. The van der Waals surface area contributed by atoms with Crippen molar-refractivity contribution in [2.45, 2.75) is 36.8 Å². The Morgan fingerprint density at radius 1 is 0.886 bits per heavy atom. The Labute approximate surface area is 207 Å². The molecule has 2 aliphatic rings. The Bertz CT molecular complexity index is 1300. The van der Waals surface area contributed by atoms with Crippen LogP contribution in [0.25, 0.3) is 0 Å². The summed E-state index contributed by atoms with van der Waals surface area (Å²) in [6.07, 6.45) is 1.42. The summed E-state index contributed by atoms with van der Waals surface area (Å²) in [6, 6.07) is 24.7. The quantitative estimate of drug-likeness (QED) is 0.491. The Kier molecular flexibility index (Phi) is 6.49. The third-order valence-electron chi connectivity index (χ3n) is 7.21. The van der Waals surface area contributed by atoms with E-state index in [0.717, 1.165) is 28.7 Å². The summed E-state index contributed by atoms with van der Waals surface area (Å²) in [5.74, 6) is -0.263. The van der Waals surface area contributed by atoms with Crippen LogP contribution in [0.1, 0.15) is 28.7 Å². The molecule has 1 saturated heterocycles. The van der Waals surface area contributed by atoms with E-state index < -0.39 is 15.6 Å². The van der Waals surface area contributed by atoms with E-state index in [4.69, 9.17) is 4.74 Å². The SMILES string of the molecule is Cc1ccc(S(=O)(=O)N2CCN(C3(C(=O)OCc4ccccc4)CCc4ccccc43)CC2)cc1. The van der Waals surface area contributed by atoms with E-state index in [1.807, 2.05) is 67.6 Å². The number of esters is 1. The van der Waals surface area contributed by atoms with Crippen LogP contribution < -0.4 is 0 Å². The molecule has 1 heterocycles. The summed E-state index contributed by atoms with van der Waals surface area (Å²) < 4.78 is 33.8. The van der Waals surface area contributed by atoms with Crippen LogP contribution >= 0.6 is 0 Å². The van der Waals surface area contributed by atoms with Gasteiger partial charge in [-0.15, -0.1) is 0 Å². The third-order valence-corrected chi connectivity index (χ3v) is 9.12. The van der Waals surface area contributed by atoms with Gasteiger partial charge in [0.05, 0.1) is 4.90 Å². The molecule has 3 aromatic carbocycles. The van der Waals surface area contributed by atoms with E-state index in [-0.39, 0.29) is 12.6 Å². The van der Waals surface area contributed by atoms with Gasteiger partial charge in [0.2, 0.25) is 10.0 Å². The number of hydrogen-bond donors (Lipinski definition) is 0. The van der Waals surface area contributed by atoms with Crippen LogP contribution in [-0.2, 0) is 38.1 Å². The van der Waals surface area contributed by atoms with E-state index in [1.165, 1.54) is 4.31 Å². The maximum atomic E-state index is 13.7. The molecular weight excluding hydrogens is 460 g/mol. The molecule has 1 fully saturated rings. The summed E-state index contributed by atoms with van der Waals surface area (Å²) in [5, 5.41) is 0. The highest BCUT2D eigenvalue weighted by molar-refractivity contribution is 7.89.